The summed E-state index contributed by atoms with van der Waals surface area (Å²) in [6, 6.07) is 4.46. The molecule has 114 valence electrons. The van der Waals surface area contributed by atoms with Crippen molar-refractivity contribution in [1.82, 2.24) is 0 Å². The van der Waals surface area contributed by atoms with Gasteiger partial charge in [-0.25, -0.2) is 13.2 Å². The average molecular weight is 311 g/mol. The SMILES string of the molecule is CC(C)(C)OC(=O)Nc1ccc(S(C)(=O)=O)c2ccoc12. The molecule has 0 spiro atoms. The summed E-state index contributed by atoms with van der Waals surface area (Å²) < 4.78 is 33.9. The van der Waals surface area contributed by atoms with E-state index in [1.807, 2.05) is 0 Å². The van der Waals surface area contributed by atoms with Crippen LogP contribution in [0, 0.1) is 0 Å². The van der Waals surface area contributed by atoms with Crippen LogP contribution >= 0.6 is 0 Å². The third-order valence-corrected chi connectivity index (χ3v) is 3.77. The number of furan rings is 1. The third kappa shape index (κ3) is 3.55. The Balaban J connectivity index is 2.40. The molecular weight excluding hydrogens is 294 g/mol. The number of anilines is 1. The summed E-state index contributed by atoms with van der Waals surface area (Å²) in [7, 11) is -3.38. The van der Waals surface area contributed by atoms with E-state index in [0.717, 1.165) is 6.26 Å². The molecule has 0 unspecified atom stereocenters. The minimum atomic E-state index is -3.38. The summed E-state index contributed by atoms with van der Waals surface area (Å²) in [6.07, 6.45) is 1.86. The van der Waals surface area contributed by atoms with Gasteiger partial charge in [0, 0.05) is 11.6 Å². The highest BCUT2D eigenvalue weighted by Gasteiger charge is 2.20. The minimum absolute atomic E-state index is 0.154. The number of benzene rings is 1. The van der Waals surface area contributed by atoms with Gasteiger partial charge in [-0.15, -0.1) is 0 Å². The van der Waals surface area contributed by atoms with Crippen molar-refractivity contribution in [3.8, 4) is 0 Å². The molecule has 7 heteroatoms. The van der Waals surface area contributed by atoms with E-state index in [0.29, 0.717) is 16.7 Å². The standard InChI is InChI=1S/C14H17NO5S/c1-14(2,3)20-13(16)15-10-5-6-11(21(4,17)18)9-7-8-19-12(9)10/h5-8H,1-4H3,(H,15,16). The first-order chi connectivity index (χ1) is 9.58. The molecule has 0 atom stereocenters. The molecule has 2 aromatic rings. The number of ether oxygens (including phenoxy) is 1. The Labute approximate surface area is 123 Å². The third-order valence-electron chi connectivity index (χ3n) is 2.61. The fraction of sp³-hybridized carbons (Fsp3) is 0.357. The van der Waals surface area contributed by atoms with Gasteiger partial charge < -0.3 is 9.15 Å². The van der Waals surface area contributed by atoms with E-state index >= 15 is 0 Å². The normalized spacial score (nSPS) is 12.4. The molecular formula is C14H17NO5S. The number of carbonyl (C=O) groups is 1. The van der Waals surface area contributed by atoms with E-state index in [1.54, 1.807) is 26.8 Å². The van der Waals surface area contributed by atoms with Crippen LogP contribution < -0.4 is 5.32 Å². The van der Waals surface area contributed by atoms with Crippen LogP contribution in [0.25, 0.3) is 11.0 Å². The molecule has 0 radical (unpaired) electrons. The molecule has 0 fully saturated rings. The smallest absolute Gasteiger partial charge is 0.412 e. The molecule has 0 saturated carbocycles. The lowest BCUT2D eigenvalue weighted by atomic mass is 10.2. The maximum Gasteiger partial charge on any atom is 0.412 e. The molecule has 1 aromatic heterocycles. The summed E-state index contributed by atoms with van der Waals surface area (Å²) in [6.45, 7) is 5.26. The highest BCUT2D eigenvalue weighted by molar-refractivity contribution is 7.91. The Morgan fingerprint density at radius 1 is 1.24 bits per heavy atom. The van der Waals surface area contributed by atoms with Crippen LogP contribution in [-0.4, -0.2) is 26.4 Å². The van der Waals surface area contributed by atoms with Crippen molar-refractivity contribution in [2.45, 2.75) is 31.3 Å². The summed E-state index contributed by atoms with van der Waals surface area (Å²) in [4.78, 5) is 11.9. The molecule has 0 aliphatic rings. The van der Waals surface area contributed by atoms with Crippen LogP contribution in [0.4, 0.5) is 10.5 Å². The van der Waals surface area contributed by atoms with Gasteiger partial charge in [-0.3, -0.25) is 5.32 Å². The first-order valence-electron chi connectivity index (χ1n) is 6.28. The van der Waals surface area contributed by atoms with E-state index in [2.05, 4.69) is 5.32 Å². The molecule has 0 aliphatic heterocycles. The molecule has 1 heterocycles. The van der Waals surface area contributed by atoms with Crippen molar-refractivity contribution in [2.24, 2.45) is 0 Å². The van der Waals surface area contributed by atoms with Gasteiger partial charge in [0.05, 0.1) is 16.8 Å². The maximum atomic E-state index is 11.8. The number of hydrogen-bond donors (Lipinski definition) is 1. The Kier molecular flexibility index (Phi) is 3.71. The van der Waals surface area contributed by atoms with Crippen molar-refractivity contribution in [3.05, 3.63) is 24.5 Å². The molecule has 21 heavy (non-hydrogen) atoms. The predicted molar refractivity (Wildman–Crippen MR) is 79.2 cm³/mol. The van der Waals surface area contributed by atoms with Crippen molar-refractivity contribution >= 4 is 32.6 Å². The zero-order valence-corrected chi connectivity index (χ0v) is 13.1. The summed E-state index contributed by atoms with van der Waals surface area (Å²) in [5.74, 6) is 0. The van der Waals surface area contributed by atoms with Crippen LogP contribution in [0.15, 0.2) is 33.8 Å². The molecule has 2 rings (SSSR count). The number of rotatable bonds is 2. The average Bonchev–Trinajstić information content (AvgIpc) is 2.73. The molecule has 0 saturated heterocycles. The number of amides is 1. The quantitative estimate of drug-likeness (QED) is 0.920. The van der Waals surface area contributed by atoms with Crippen molar-refractivity contribution in [1.29, 1.82) is 0 Å². The first kappa shape index (κ1) is 15.4. The monoisotopic (exact) mass is 311 g/mol. The first-order valence-corrected chi connectivity index (χ1v) is 8.17. The van der Waals surface area contributed by atoms with E-state index in [4.69, 9.17) is 9.15 Å². The van der Waals surface area contributed by atoms with Gasteiger partial charge in [-0.1, -0.05) is 0 Å². The van der Waals surface area contributed by atoms with Crippen LogP contribution in [-0.2, 0) is 14.6 Å². The van der Waals surface area contributed by atoms with Crippen molar-refractivity contribution in [3.63, 3.8) is 0 Å². The Hall–Kier alpha value is -2.02. The van der Waals surface area contributed by atoms with Crippen molar-refractivity contribution in [2.75, 3.05) is 11.6 Å². The second-order valence-corrected chi connectivity index (χ2v) is 7.66. The Morgan fingerprint density at radius 2 is 1.90 bits per heavy atom. The van der Waals surface area contributed by atoms with Crippen LogP contribution in [0.1, 0.15) is 20.8 Å². The molecule has 6 nitrogen and oxygen atoms in total. The van der Waals surface area contributed by atoms with Gasteiger partial charge in [0.15, 0.2) is 15.4 Å². The van der Waals surface area contributed by atoms with Crippen LogP contribution in [0.2, 0.25) is 0 Å². The molecule has 1 N–H and O–H groups in total. The van der Waals surface area contributed by atoms with E-state index < -0.39 is 21.5 Å². The van der Waals surface area contributed by atoms with Crippen molar-refractivity contribution < 1.29 is 22.4 Å². The Morgan fingerprint density at radius 3 is 2.48 bits per heavy atom. The predicted octanol–water partition coefficient (Wildman–Crippen LogP) is 3.18. The number of fused-ring (bicyclic) bond motifs is 1. The lowest BCUT2D eigenvalue weighted by molar-refractivity contribution is 0.0636. The second-order valence-electron chi connectivity index (χ2n) is 5.67. The van der Waals surface area contributed by atoms with Gasteiger partial charge in [-0.2, -0.15) is 0 Å². The highest BCUT2D eigenvalue weighted by Crippen LogP contribution is 2.30. The summed E-state index contributed by atoms with van der Waals surface area (Å²) in [5.41, 5.74) is 0.0272. The van der Waals surface area contributed by atoms with E-state index in [-0.39, 0.29) is 4.90 Å². The number of nitrogens with one attached hydrogen (secondary N) is 1. The number of carbonyl (C=O) groups excluding carboxylic acids is 1. The zero-order valence-electron chi connectivity index (χ0n) is 12.3. The molecule has 1 amide bonds. The van der Waals surface area contributed by atoms with Crippen LogP contribution in [0.3, 0.4) is 0 Å². The summed E-state index contributed by atoms with van der Waals surface area (Å²) in [5, 5.41) is 2.98. The van der Waals surface area contributed by atoms with Gasteiger partial charge in [0.1, 0.15) is 5.60 Å². The highest BCUT2D eigenvalue weighted by atomic mass is 32.2. The second kappa shape index (κ2) is 5.07. The molecule has 0 bridgehead atoms. The fourth-order valence-corrected chi connectivity index (χ4v) is 2.75. The number of sulfone groups is 1. The van der Waals surface area contributed by atoms with Gasteiger partial charge >= 0.3 is 6.09 Å². The lowest BCUT2D eigenvalue weighted by Gasteiger charge is -2.19. The largest absolute Gasteiger partial charge is 0.462 e. The number of hydrogen-bond acceptors (Lipinski definition) is 5. The van der Waals surface area contributed by atoms with Gasteiger partial charge in [-0.05, 0) is 39.0 Å². The topological polar surface area (TPSA) is 85.6 Å². The Bertz CT molecular complexity index is 783. The van der Waals surface area contributed by atoms with Gasteiger partial charge in [0.2, 0.25) is 0 Å². The lowest BCUT2D eigenvalue weighted by Crippen LogP contribution is -2.27. The van der Waals surface area contributed by atoms with Crippen LogP contribution in [0.5, 0.6) is 0 Å². The van der Waals surface area contributed by atoms with E-state index in [9.17, 15) is 13.2 Å². The summed E-state index contributed by atoms with van der Waals surface area (Å²) >= 11 is 0. The fourth-order valence-electron chi connectivity index (χ4n) is 1.87. The maximum absolute atomic E-state index is 11.8. The zero-order chi connectivity index (χ0) is 15.8. The molecule has 1 aromatic carbocycles. The molecule has 0 aliphatic carbocycles. The van der Waals surface area contributed by atoms with Gasteiger partial charge in [0.25, 0.3) is 0 Å². The minimum Gasteiger partial charge on any atom is -0.462 e. The van der Waals surface area contributed by atoms with E-state index in [1.165, 1.54) is 18.4 Å².